The van der Waals surface area contributed by atoms with Gasteiger partial charge < -0.3 is 14.5 Å². The predicted octanol–water partition coefficient (Wildman–Crippen LogP) is 3.66. The summed E-state index contributed by atoms with van der Waals surface area (Å²) in [6, 6.07) is 16.7. The Morgan fingerprint density at radius 2 is 1.85 bits per heavy atom. The minimum atomic E-state index is -0.222. The first-order valence-corrected chi connectivity index (χ1v) is 8.09. The van der Waals surface area contributed by atoms with E-state index in [9.17, 15) is 4.79 Å². The molecule has 0 aliphatic rings. The van der Waals surface area contributed by atoms with E-state index in [2.05, 4.69) is 15.3 Å². The van der Waals surface area contributed by atoms with Crippen molar-refractivity contribution in [2.75, 3.05) is 12.4 Å². The number of ether oxygens (including phenoxy) is 1. The van der Waals surface area contributed by atoms with Crippen LogP contribution in [0.4, 0.5) is 5.82 Å². The number of nitrogens with zero attached hydrogens (tertiary/aromatic N) is 3. The zero-order valence-electron chi connectivity index (χ0n) is 14.1. The first-order chi connectivity index (χ1) is 12.7. The molecule has 2 aromatic heterocycles. The summed E-state index contributed by atoms with van der Waals surface area (Å²) in [5.41, 5.74) is 2.89. The molecule has 0 spiro atoms. The number of anilines is 1. The zero-order valence-corrected chi connectivity index (χ0v) is 14.1. The van der Waals surface area contributed by atoms with Crippen LogP contribution in [-0.4, -0.2) is 27.4 Å². The highest BCUT2D eigenvalue weighted by atomic mass is 16.5. The van der Waals surface area contributed by atoms with Crippen LogP contribution >= 0.6 is 0 Å². The maximum Gasteiger partial charge on any atom is 0.256 e. The average Bonchev–Trinajstić information content (AvgIpc) is 3.14. The molecule has 128 valence electrons. The van der Waals surface area contributed by atoms with Gasteiger partial charge in [-0.25, -0.2) is 9.97 Å². The van der Waals surface area contributed by atoms with Crippen molar-refractivity contribution in [3.8, 4) is 17.0 Å². The van der Waals surface area contributed by atoms with Crippen LogP contribution in [0.3, 0.4) is 0 Å². The molecule has 4 rings (SSSR count). The quantitative estimate of drug-likeness (QED) is 0.613. The summed E-state index contributed by atoms with van der Waals surface area (Å²) >= 11 is 0. The number of nitrogens with one attached hydrogen (secondary N) is 1. The van der Waals surface area contributed by atoms with Crippen molar-refractivity contribution in [1.29, 1.82) is 0 Å². The van der Waals surface area contributed by atoms with Gasteiger partial charge in [-0.3, -0.25) is 4.79 Å². The maximum atomic E-state index is 12.4. The second kappa shape index (κ2) is 6.68. The molecule has 0 radical (unpaired) electrons. The fraction of sp³-hybridized carbons (Fsp3) is 0.0500. The highest BCUT2D eigenvalue weighted by molar-refractivity contribution is 6.05. The van der Waals surface area contributed by atoms with E-state index in [1.54, 1.807) is 31.6 Å². The fourth-order valence-electron chi connectivity index (χ4n) is 2.68. The van der Waals surface area contributed by atoms with Gasteiger partial charge in [0.15, 0.2) is 11.5 Å². The monoisotopic (exact) mass is 344 g/mol. The molecule has 0 unspecified atom stereocenters. The first-order valence-electron chi connectivity index (χ1n) is 8.09. The van der Waals surface area contributed by atoms with Crippen LogP contribution in [0, 0.1) is 0 Å². The number of benzene rings is 2. The third kappa shape index (κ3) is 3.00. The van der Waals surface area contributed by atoms with Crippen molar-refractivity contribution in [2.24, 2.45) is 0 Å². The number of carbonyl (C=O) groups is 1. The third-order valence-corrected chi connectivity index (χ3v) is 4.03. The molecular formula is C20H16N4O2. The summed E-state index contributed by atoms with van der Waals surface area (Å²) in [7, 11) is 1.63. The number of hydrogen-bond acceptors (Lipinski definition) is 4. The summed E-state index contributed by atoms with van der Waals surface area (Å²) in [4.78, 5) is 21.3. The van der Waals surface area contributed by atoms with Gasteiger partial charge in [0.25, 0.3) is 5.91 Å². The lowest BCUT2D eigenvalue weighted by Crippen LogP contribution is -2.13. The minimum Gasteiger partial charge on any atom is -0.497 e. The SMILES string of the molecule is COc1ccc(-c2cn3ccnc(NC(=O)c4ccccc4)c3n2)cc1. The van der Waals surface area contributed by atoms with Crippen molar-refractivity contribution in [3.05, 3.63) is 78.8 Å². The lowest BCUT2D eigenvalue weighted by atomic mass is 10.2. The molecule has 2 aromatic carbocycles. The smallest absolute Gasteiger partial charge is 0.256 e. The number of hydrogen-bond donors (Lipinski definition) is 1. The summed E-state index contributed by atoms with van der Waals surface area (Å²) in [6.07, 6.45) is 5.33. The number of carbonyl (C=O) groups excluding carboxylic acids is 1. The molecule has 6 nitrogen and oxygen atoms in total. The van der Waals surface area contributed by atoms with E-state index in [-0.39, 0.29) is 5.91 Å². The number of fused-ring (bicyclic) bond motifs is 1. The van der Waals surface area contributed by atoms with Crippen LogP contribution in [0.1, 0.15) is 10.4 Å². The Kier molecular flexibility index (Phi) is 4.07. The third-order valence-electron chi connectivity index (χ3n) is 4.03. The number of amides is 1. The highest BCUT2D eigenvalue weighted by Gasteiger charge is 2.12. The molecule has 0 saturated carbocycles. The first kappa shape index (κ1) is 15.8. The van der Waals surface area contributed by atoms with Gasteiger partial charge in [0, 0.05) is 29.7 Å². The summed E-state index contributed by atoms with van der Waals surface area (Å²) in [5, 5.41) is 2.83. The molecule has 1 N–H and O–H groups in total. The zero-order chi connectivity index (χ0) is 17.9. The Morgan fingerprint density at radius 3 is 2.58 bits per heavy atom. The molecule has 6 heteroatoms. The van der Waals surface area contributed by atoms with Gasteiger partial charge in [0.05, 0.1) is 12.8 Å². The Hall–Kier alpha value is -3.67. The van der Waals surface area contributed by atoms with E-state index in [0.717, 1.165) is 17.0 Å². The molecule has 0 aliphatic heterocycles. The van der Waals surface area contributed by atoms with Crippen LogP contribution in [-0.2, 0) is 0 Å². The van der Waals surface area contributed by atoms with Crippen molar-refractivity contribution in [1.82, 2.24) is 14.4 Å². The molecule has 2 heterocycles. The maximum absolute atomic E-state index is 12.4. The highest BCUT2D eigenvalue weighted by Crippen LogP contribution is 2.24. The van der Waals surface area contributed by atoms with Crippen molar-refractivity contribution < 1.29 is 9.53 Å². The number of methoxy groups -OCH3 is 1. The second-order valence-corrected chi connectivity index (χ2v) is 5.68. The van der Waals surface area contributed by atoms with E-state index >= 15 is 0 Å². The molecule has 0 aliphatic carbocycles. The van der Waals surface area contributed by atoms with Gasteiger partial charge in [0.2, 0.25) is 0 Å². The Bertz CT molecular complexity index is 1060. The normalized spacial score (nSPS) is 10.7. The van der Waals surface area contributed by atoms with Gasteiger partial charge in [-0.2, -0.15) is 0 Å². The summed E-state index contributed by atoms with van der Waals surface area (Å²) in [5.74, 6) is 0.983. The lowest BCUT2D eigenvalue weighted by Gasteiger charge is -2.05. The number of aromatic nitrogens is 3. The fourth-order valence-corrected chi connectivity index (χ4v) is 2.68. The van der Waals surface area contributed by atoms with E-state index in [0.29, 0.717) is 17.0 Å². The van der Waals surface area contributed by atoms with Crippen molar-refractivity contribution in [3.63, 3.8) is 0 Å². The van der Waals surface area contributed by atoms with Gasteiger partial charge in [-0.1, -0.05) is 18.2 Å². The molecule has 0 fully saturated rings. The largest absolute Gasteiger partial charge is 0.497 e. The number of imidazole rings is 1. The van der Waals surface area contributed by atoms with E-state index in [4.69, 9.17) is 4.74 Å². The van der Waals surface area contributed by atoms with Gasteiger partial charge in [-0.05, 0) is 36.4 Å². The van der Waals surface area contributed by atoms with Crippen LogP contribution in [0.2, 0.25) is 0 Å². The van der Waals surface area contributed by atoms with Crippen LogP contribution < -0.4 is 10.1 Å². The van der Waals surface area contributed by atoms with Crippen LogP contribution in [0.5, 0.6) is 5.75 Å². The Balaban J connectivity index is 1.68. The molecule has 4 aromatic rings. The Morgan fingerprint density at radius 1 is 1.08 bits per heavy atom. The molecular weight excluding hydrogens is 328 g/mol. The Labute approximate surface area is 150 Å². The van der Waals surface area contributed by atoms with Crippen LogP contribution in [0.15, 0.2) is 73.2 Å². The van der Waals surface area contributed by atoms with Gasteiger partial charge in [-0.15, -0.1) is 0 Å². The molecule has 0 atom stereocenters. The van der Waals surface area contributed by atoms with Crippen LogP contribution in [0.25, 0.3) is 16.9 Å². The van der Waals surface area contributed by atoms with E-state index in [1.807, 2.05) is 53.1 Å². The summed E-state index contributed by atoms with van der Waals surface area (Å²) in [6.45, 7) is 0. The van der Waals surface area contributed by atoms with Crippen molar-refractivity contribution >= 4 is 17.4 Å². The molecule has 0 bridgehead atoms. The molecule has 26 heavy (non-hydrogen) atoms. The van der Waals surface area contributed by atoms with Crippen molar-refractivity contribution in [2.45, 2.75) is 0 Å². The van der Waals surface area contributed by atoms with E-state index < -0.39 is 0 Å². The van der Waals surface area contributed by atoms with Gasteiger partial charge in [0.1, 0.15) is 5.75 Å². The molecule has 0 saturated heterocycles. The van der Waals surface area contributed by atoms with E-state index in [1.165, 1.54) is 0 Å². The second-order valence-electron chi connectivity index (χ2n) is 5.68. The minimum absolute atomic E-state index is 0.222. The topological polar surface area (TPSA) is 68.5 Å². The van der Waals surface area contributed by atoms with Gasteiger partial charge >= 0.3 is 0 Å². The average molecular weight is 344 g/mol. The number of rotatable bonds is 4. The standard InChI is InChI=1S/C20H16N4O2/c1-26-16-9-7-14(8-10-16)17-13-24-12-11-21-18(19(24)22-17)23-20(25)15-5-3-2-4-6-15/h2-13H,1H3,(H,21,23,25). The summed E-state index contributed by atoms with van der Waals surface area (Å²) < 4.78 is 7.03. The molecule has 1 amide bonds. The predicted molar refractivity (Wildman–Crippen MR) is 99.4 cm³/mol. The lowest BCUT2D eigenvalue weighted by molar-refractivity contribution is 0.102.